The lowest BCUT2D eigenvalue weighted by molar-refractivity contribution is -0.266. The third-order valence-electron chi connectivity index (χ3n) is 13.8. The quantitative estimate of drug-likeness (QED) is 0.385. The van der Waals surface area contributed by atoms with E-state index in [9.17, 15) is 9.90 Å². The Morgan fingerprint density at radius 2 is 1.85 bits per heavy atom. The van der Waals surface area contributed by atoms with Gasteiger partial charge in [-0.05, 0) is 78.4 Å². The van der Waals surface area contributed by atoms with E-state index < -0.39 is 5.97 Å². The molecule has 0 aromatic carbocycles. The van der Waals surface area contributed by atoms with Crippen molar-refractivity contribution in [2.24, 2.45) is 62.4 Å². The molecule has 4 aliphatic carbocycles. The van der Waals surface area contributed by atoms with Crippen LogP contribution < -0.4 is 5.73 Å². The van der Waals surface area contributed by atoms with E-state index in [0.717, 1.165) is 45.1 Å². The summed E-state index contributed by atoms with van der Waals surface area (Å²) >= 11 is 0. The van der Waals surface area contributed by atoms with Crippen LogP contribution in [0.15, 0.2) is 11.6 Å². The second kappa shape index (κ2) is 9.81. The fourth-order valence-electron chi connectivity index (χ4n) is 11.3. The summed E-state index contributed by atoms with van der Waals surface area (Å²) in [4.78, 5) is 13.2. The third kappa shape index (κ3) is 3.83. The number of carbonyl (C=O) groups is 1. The van der Waals surface area contributed by atoms with Gasteiger partial charge in [0, 0.05) is 24.5 Å². The van der Waals surface area contributed by atoms with E-state index in [1.54, 1.807) is 5.57 Å². The minimum absolute atomic E-state index is 0.00391. The Morgan fingerprint density at radius 1 is 1.13 bits per heavy atom. The van der Waals surface area contributed by atoms with Crippen LogP contribution in [0.3, 0.4) is 0 Å². The molecule has 3 saturated carbocycles. The number of rotatable bonds is 7. The summed E-state index contributed by atoms with van der Waals surface area (Å²) in [6.45, 7) is 18.7. The molecule has 222 valence electrons. The summed E-state index contributed by atoms with van der Waals surface area (Å²) in [5.74, 6) is 0.667. The van der Waals surface area contributed by atoms with Crippen LogP contribution in [0.4, 0.5) is 0 Å². The lowest BCUT2D eigenvalue weighted by Crippen LogP contribution is -2.70. The van der Waals surface area contributed by atoms with Gasteiger partial charge < -0.3 is 25.1 Å². The number of hydrogen-bond donors (Lipinski definition) is 2. The lowest BCUT2D eigenvalue weighted by atomic mass is 9.34. The number of aliphatic carboxylic acids is 1. The third-order valence-corrected chi connectivity index (χ3v) is 13.8. The first-order valence-electron chi connectivity index (χ1n) is 15.6. The molecule has 0 spiro atoms. The molecular formula is C33H55NO5. The molecule has 0 amide bonds. The van der Waals surface area contributed by atoms with Crippen molar-refractivity contribution in [2.45, 2.75) is 99.2 Å². The van der Waals surface area contributed by atoms with Crippen molar-refractivity contribution in [3.05, 3.63) is 11.6 Å². The maximum atomic E-state index is 13.2. The van der Waals surface area contributed by atoms with E-state index in [1.807, 2.05) is 7.11 Å². The van der Waals surface area contributed by atoms with Gasteiger partial charge in [-0.25, -0.2) is 0 Å². The molecule has 5 rings (SSSR count). The molecule has 0 radical (unpaired) electrons. The second-order valence-corrected chi connectivity index (χ2v) is 15.4. The molecule has 11 atom stereocenters. The Labute approximate surface area is 236 Å². The Morgan fingerprint density at radius 3 is 2.46 bits per heavy atom. The maximum Gasteiger partial charge on any atom is 0.307 e. The number of allylic oxidation sites excluding steroid dienone is 1. The van der Waals surface area contributed by atoms with Gasteiger partial charge in [0.25, 0.3) is 0 Å². The summed E-state index contributed by atoms with van der Waals surface area (Å²) in [6, 6.07) is 0. The van der Waals surface area contributed by atoms with Crippen LogP contribution in [0.1, 0.15) is 87.0 Å². The summed E-state index contributed by atoms with van der Waals surface area (Å²) in [5, 5.41) is 10.9. The van der Waals surface area contributed by atoms with Gasteiger partial charge in [0.2, 0.25) is 0 Å². The normalized spacial score (nSPS) is 49.9. The molecule has 5 aliphatic rings. The van der Waals surface area contributed by atoms with Crippen molar-refractivity contribution in [1.29, 1.82) is 0 Å². The number of methoxy groups -OCH3 is 1. The molecular weight excluding hydrogens is 490 g/mol. The molecule has 6 heteroatoms. The fourth-order valence-corrected chi connectivity index (χ4v) is 11.3. The van der Waals surface area contributed by atoms with Crippen molar-refractivity contribution in [1.82, 2.24) is 0 Å². The highest BCUT2D eigenvalue weighted by atomic mass is 16.5. The first kappa shape index (κ1) is 29.5. The number of fused-ring (bicyclic) bond motifs is 3. The average Bonchev–Trinajstić information content (AvgIpc) is 2.87. The zero-order valence-corrected chi connectivity index (χ0v) is 25.8. The van der Waals surface area contributed by atoms with Gasteiger partial charge in [-0.15, -0.1) is 0 Å². The molecule has 0 aromatic rings. The topological polar surface area (TPSA) is 91.0 Å². The molecule has 3 N–H and O–H groups in total. The summed E-state index contributed by atoms with van der Waals surface area (Å²) in [6.07, 6.45) is 8.49. The van der Waals surface area contributed by atoms with E-state index in [0.29, 0.717) is 43.4 Å². The van der Waals surface area contributed by atoms with Gasteiger partial charge in [-0.1, -0.05) is 60.1 Å². The van der Waals surface area contributed by atoms with E-state index >= 15 is 0 Å². The van der Waals surface area contributed by atoms with Gasteiger partial charge in [-0.2, -0.15) is 0 Å². The van der Waals surface area contributed by atoms with Crippen LogP contribution >= 0.6 is 0 Å². The van der Waals surface area contributed by atoms with E-state index in [2.05, 4.69) is 54.5 Å². The number of hydrogen-bond acceptors (Lipinski definition) is 5. The Kier molecular flexibility index (Phi) is 7.43. The Balaban J connectivity index is 1.59. The predicted molar refractivity (Wildman–Crippen MR) is 153 cm³/mol. The monoisotopic (exact) mass is 545 g/mol. The van der Waals surface area contributed by atoms with Crippen LogP contribution in [0.2, 0.25) is 0 Å². The van der Waals surface area contributed by atoms with Gasteiger partial charge in [0.1, 0.15) is 0 Å². The molecule has 1 saturated heterocycles. The number of nitrogens with two attached hydrogens (primary N) is 1. The smallest absolute Gasteiger partial charge is 0.307 e. The standard InChI is InChI=1S/C33H55NO5/c1-20(2)21(3)29(4)13-14-31(6)22-9-10-25-30(5)18-38-19-33(25,17-24(37-8)27(30)39-16-15-34)23(22)11-12-32(31,7)26(29)28(35)36/h11,20-22,24-27H,9-10,12-19,34H2,1-8H3,(H,35,36)/t21-,22+,24-,25+,26-,27+,29-,30?,31-,32+,33-/m1/s1. The minimum Gasteiger partial charge on any atom is -0.481 e. The SMILES string of the molecule is CO[C@@H]1C[C@]23COCC(C)([C@H]1OCCN)[C@@H]2CC[C@H]1C3=CC[C@@]2(C)[C@H](C(=O)O)[C@@](C)([C@H](C)C(C)C)CC[C@]12C. The zero-order chi connectivity index (χ0) is 28.6. The van der Waals surface area contributed by atoms with Gasteiger partial charge in [0.15, 0.2) is 0 Å². The summed E-state index contributed by atoms with van der Waals surface area (Å²) in [5.41, 5.74) is 6.60. The molecule has 6 nitrogen and oxygen atoms in total. The molecule has 2 bridgehead atoms. The first-order chi connectivity index (χ1) is 18.3. The second-order valence-electron chi connectivity index (χ2n) is 15.4. The Bertz CT molecular complexity index is 997. The summed E-state index contributed by atoms with van der Waals surface area (Å²) in [7, 11) is 1.82. The van der Waals surface area contributed by atoms with Crippen LogP contribution in [-0.2, 0) is 19.0 Å². The van der Waals surface area contributed by atoms with E-state index in [4.69, 9.17) is 19.9 Å². The molecule has 0 aromatic heterocycles. The number of carboxylic acid groups (broad SMARTS) is 1. The molecule has 39 heavy (non-hydrogen) atoms. The summed E-state index contributed by atoms with van der Waals surface area (Å²) < 4.78 is 19.1. The van der Waals surface area contributed by atoms with E-state index in [-0.39, 0.29) is 45.2 Å². The molecule has 1 unspecified atom stereocenters. The fraction of sp³-hybridized carbons (Fsp3) is 0.909. The van der Waals surface area contributed by atoms with E-state index in [1.165, 1.54) is 0 Å². The van der Waals surface area contributed by atoms with Crippen LogP contribution in [0, 0.1) is 56.7 Å². The van der Waals surface area contributed by atoms with Crippen LogP contribution in [0.25, 0.3) is 0 Å². The van der Waals surface area contributed by atoms with Crippen molar-refractivity contribution < 1.29 is 24.1 Å². The average molecular weight is 546 g/mol. The zero-order valence-electron chi connectivity index (χ0n) is 25.8. The highest BCUT2D eigenvalue weighted by molar-refractivity contribution is 5.73. The molecule has 4 fully saturated rings. The van der Waals surface area contributed by atoms with Crippen molar-refractivity contribution in [2.75, 3.05) is 33.5 Å². The predicted octanol–water partition coefficient (Wildman–Crippen LogP) is 5.93. The van der Waals surface area contributed by atoms with Gasteiger partial charge in [-0.3, -0.25) is 4.79 Å². The first-order valence-corrected chi connectivity index (χ1v) is 15.6. The van der Waals surface area contributed by atoms with Gasteiger partial charge >= 0.3 is 5.97 Å². The lowest BCUT2D eigenvalue weighted by Gasteiger charge is -2.71. The molecule has 1 heterocycles. The minimum atomic E-state index is -0.604. The largest absolute Gasteiger partial charge is 0.481 e. The van der Waals surface area contributed by atoms with Gasteiger partial charge in [0.05, 0.1) is 37.9 Å². The number of ether oxygens (including phenoxy) is 3. The van der Waals surface area contributed by atoms with Crippen molar-refractivity contribution in [3.63, 3.8) is 0 Å². The molecule has 1 aliphatic heterocycles. The maximum absolute atomic E-state index is 13.2. The highest BCUT2D eigenvalue weighted by Gasteiger charge is 2.71. The van der Waals surface area contributed by atoms with Crippen molar-refractivity contribution in [3.8, 4) is 0 Å². The van der Waals surface area contributed by atoms with Crippen LogP contribution in [-0.4, -0.2) is 56.8 Å². The van der Waals surface area contributed by atoms with Crippen LogP contribution in [0.5, 0.6) is 0 Å². The Hall–Kier alpha value is -0.950. The highest BCUT2D eigenvalue weighted by Crippen LogP contribution is 2.74. The van der Waals surface area contributed by atoms with Crippen molar-refractivity contribution >= 4 is 5.97 Å². The number of carboxylic acids is 1.